The molecule has 0 heterocycles. The molecule has 4 heteroatoms. The molecule has 0 aromatic heterocycles. The molecule has 1 aromatic carbocycles. The van der Waals surface area contributed by atoms with Crippen LogP contribution in [0.25, 0.3) is 0 Å². The first-order valence-corrected chi connectivity index (χ1v) is 6.28. The standard InChI is InChI=1S/C14H24N2O2/c1-16(2)10-8-15-9-11-18-12-13-4-6-14(17-3)7-5-13/h4-7,15H,8-12H2,1-3H3. The van der Waals surface area contributed by atoms with Crippen LogP contribution < -0.4 is 10.1 Å². The third-order valence-corrected chi connectivity index (χ3v) is 2.59. The van der Waals surface area contributed by atoms with Crippen LogP contribution in [0.15, 0.2) is 24.3 Å². The van der Waals surface area contributed by atoms with Crippen molar-refractivity contribution in [2.45, 2.75) is 6.61 Å². The van der Waals surface area contributed by atoms with Crippen molar-refractivity contribution in [1.82, 2.24) is 10.2 Å². The Balaban J connectivity index is 2.03. The van der Waals surface area contributed by atoms with Crippen molar-refractivity contribution in [2.75, 3.05) is 47.4 Å². The van der Waals surface area contributed by atoms with Gasteiger partial charge in [0.05, 0.1) is 20.3 Å². The lowest BCUT2D eigenvalue weighted by Crippen LogP contribution is -2.28. The first kappa shape index (κ1) is 15.0. The van der Waals surface area contributed by atoms with E-state index in [-0.39, 0.29) is 0 Å². The molecule has 0 aliphatic carbocycles. The molecule has 0 aliphatic heterocycles. The molecule has 0 saturated heterocycles. The average molecular weight is 252 g/mol. The number of methoxy groups -OCH3 is 1. The van der Waals surface area contributed by atoms with Gasteiger partial charge in [-0.3, -0.25) is 0 Å². The Hall–Kier alpha value is -1.10. The van der Waals surface area contributed by atoms with Gasteiger partial charge in [0, 0.05) is 19.6 Å². The lowest BCUT2D eigenvalue weighted by atomic mass is 10.2. The fourth-order valence-electron chi connectivity index (χ4n) is 1.48. The zero-order valence-corrected chi connectivity index (χ0v) is 11.6. The van der Waals surface area contributed by atoms with Crippen LogP contribution in [0.1, 0.15) is 5.56 Å². The molecule has 0 fully saturated rings. The fraction of sp³-hybridized carbons (Fsp3) is 0.571. The summed E-state index contributed by atoms with van der Waals surface area (Å²) >= 11 is 0. The molecule has 0 radical (unpaired) electrons. The van der Waals surface area contributed by atoms with E-state index in [4.69, 9.17) is 9.47 Å². The second-order valence-corrected chi connectivity index (χ2v) is 4.45. The van der Waals surface area contributed by atoms with Crippen molar-refractivity contribution in [3.63, 3.8) is 0 Å². The SMILES string of the molecule is COc1ccc(COCCNCCN(C)C)cc1. The first-order valence-electron chi connectivity index (χ1n) is 6.28. The van der Waals surface area contributed by atoms with Crippen molar-refractivity contribution in [1.29, 1.82) is 0 Å². The smallest absolute Gasteiger partial charge is 0.118 e. The number of nitrogens with zero attached hydrogens (tertiary/aromatic N) is 1. The molecule has 0 bridgehead atoms. The van der Waals surface area contributed by atoms with Crippen LogP contribution in [0.2, 0.25) is 0 Å². The van der Waals surface area contributed by atoms with Gasteiger partial charge in [-0.25, -0.2) is 0 Å². The summed E-state index contributed by atoms with van der Waals surface area (Å²) in [5.74, 6) is 0.879. The maximum atomic E-state index is 5.58. The number of hydrogen-bond acceptors (Lipinski definition) is 4. The van der Waals surface area contributed by atoms with Gasteiger partial charge in [0.15, 0.2) is 0 Å². The molecule has 0 unspecified atom stereocenters. The predicted molar refractivity (Wildman–Crippen MR) is 74.1 cm³/mol. The third kappa shape index (κ3) is 6.59. The predicted octanol–water partition coefficient (Wildman–Crippen LogP) is 1.36. The molecule has 0 spiro atoms. The summed E-state index contributed by atoms with van der Waals surface area (Å²) in [6, 6.07) is 7.96. The number of hydrogen-bond donors (Lipinski definition) is 1. The van der Waals surface area contributed by atoms with Gasteiger partial charge in [0.25, 0.3) is 0 Å². The van der Waals surface area contributed by atoms with E-state index in [1.807, 2.05) is 24.3 Å². The highest BCUT2D eigenvalue weighted by Gasteiger charge is 1.95. The number of likely N-dealkylation sites (N-methyl/N-ethyl adjacent to an activating group) is 1. The fourth-order valence-corrected chi connectivity index (χ4v) is 1.48. The van der Waals surface area contributed by atoms with Gasteiger partial charge in [-0.05, 0) is 31.8 Å². The van der Waals surface area contributed by atoms with Gasteiger partial charge in [-0.1, -0.05) is 12.1 Å². The van der Waals surface area contributed by atoms with Gasteiger partial charge in [-0.15, -0.1) is 0 Å². The quantitative estimate of drug-likeness (QED) is 0.673. The molecule has 1 N–H and O–H groups in total. The Morgan fingerprint density at radius 1 is 1.11 bits per heavy atom. The molecule has 18 heavy (non-hydrogen) atoms. The number of rotatable bonds is 9. The van der Waals surface area contributed by atoms with E-state index in [1.165, 1.54) is 5.56 Å². The van der Waals surface area contributed by atoms with E-state index in [0.29, 0.717) is 6.61 Å². The zero-order chi connectivity index (χ0) is 13.2. The Morgan fingerprint density at radius 2 is 1.83 bits per heavy atom. The van der Waals surface area contributed by atoms with E-state index >= 15 is 0 Å². The lowest BCUT2D eigenvalue weighted by Gasteiger charge is -2.10. The van der Waals surface area contributed by atoms with Crippen LogP contribution in [-0.4, -0.2) is 52.3 Å². The second kappa shape index (κ2) is 8.91. The normalized spacial score (nSPS) is 10.9. The minimum absolute atomic E-state index is 0.652. The topological polar surface area (TPSA) is 33.7 Å². The van der Waals surface area contributed by atoms with E-state index in [1.54, 1.807) is 7.11 Å². The Labute approximate surface area is 110 Å². The summed E-state index contributed by atoms with van der Waals surface area (Å²) in [5.41, 5.74) is 1.17. The van der Waals surface area contributed by atoms with Crippen LogP contribution in [-0.2, 0) is 11.3 Å². The summed E-state index contributed by atoms with van der Waals surface area (Å²) in [4.78, 5) is 2.16. The van der Waals surface area contributed by atoms with E-state index in [0.717, 1.165) is 32.0 Å². The molecule has 0 amide bonds. The number of ether oxygens (including phenoxy) is 2. The minimum atomic E-state index is 0.652. The molecule has 4 nitrogen and oxygen atoms in total. The van der Waals surface area contributed by atoms with E-state index in [9.17, 15) is 0 Å². The summed E-state index contributed by atoms with van der Waals surface area (Å²) in [5, 5.41) is 3.33. The van der Waals surface area contributed by atoms with Crippen molar-refractivity contribution >= 4 is 0 Å². The van der Waals surface area contributed by atoms with Gasteiger partial charge in [0.1, 0.15) is 5.75 Å². The van der Waals surface area contributed by atoms with Gasteiger partial charge in [0.2, 0.25) is 0 Å². The first-order chi connectivity index (χ1) is 8.72. The van der Waals surface area contributed by atoms with Crippen molar-refractivity contribution in [2.24, 2.45) is 0 Å². The monoisotopic (exact) mass is 252 g/mol. The molecular weight excluding hydrogens is 228 g/mol. The van der Waals surface area contributed by atoms with Gasteiger partial charge in [-0.2, -0.15) is 0 Å². The second-order valence-electron chi connectivity index (χ2n) is 4.45. The average Bonchev–Trinajstić information content (AvgIpc) is 2.38. The van der Waals surface area contributed by atoms with Crippen molar-refractivity contribution in [3.8, 4) is 5.75 Å². The lowest BCUT2D eigenvalue weighted by molar-refractivity contribution is 0.122. The highest BCUT2D eigenvalue weighted by molar-refractivity contribution is 5.26. The summed E-state index contributed by atoms with van der Waals surface area (Å²) in [7, 11) is 5.81. The summed E-state index contributed by atoms with van der Waals surface area (Å²) in [6.07, 6.45) is 0. The molecule has 1 aromatic rings. The summed E-state index contributed by atoms with van der Waals surface area (Å²) in [6.45, 7) is 4.33. The molecule has 0 atom stereocenters. The van der Waals surface area contributed by atoms with Gasteiger partial charge >= 0.3 is 0 Å². The Morgan fingerprint density at radius 3 is 2.44 bits per heavy atom. The maximum absolute atomic E-state index is 5.58. The number of nitrogens with one attached hydrogen (secondary N) is 1. The molecule has 1 rings (SSSR count). The van der Waals surface area contributed by atoms with Crippen LogP contribution >= 0.6 is 0 Å². The van der Waals surface area contributed by atoms with Crippen LogP contribution in [0.3, 0.4) is 0 Å². The van der Waals surface area contributed by atoms with Crippen LogP contribution in [0, 0.1) is 0 Å². The largest absolute Gasteiger partial charge is 0.497 e. The number of benzene rings is 1. The zero-order valence-electron chi connectivity index (χ0n) is 11.6. The Bertz CT molecular complexity index is 312. The highest BCUT2D eigenvalue weighted by Crippen LogP contribution is 2.11. The minimum Gasteiger partial charge on any atom is -0.497 e. The molecule has 0 aliphatic rings. The van der Waals surface area contributed by atoms with Crippen molar-refractivity contribution in [3.05, 3.63) is 29.8 Å². The Kier molecular flexibility index (Phi) is 7.41. The maximum Gasteiger partial charge on any atom is 0.118 e. The highest BCUT2D eigenvalue weighted by atomic mass is 16.5. The van der Waals surface area contributed by atoms with E-state index in [2.05, 4.69) is 24.3 Å². The van der Waals surface area contributed by atoms with Gasteiger partial charge < -0.3 is 19.7 Å². The summed E-state index contributed by atoms with van der Waals surface area (Å²) < 4.78 is 10.7. The van der Waals surface area contributed by atoms with Crippen molar-refractivity contribution < 1.29 is 9.47 Å². The van der Waals surface area contributed by atoms with E-state index < -0.39 is 0 Å². The molecule has 0 saturated carbocycles. The third-order valence-electron chi connectivity index (χ3n) is 2.59. The molecule has 102 valence electrons. The van der Waals surface area contributed by atoms with Crippen LogP contribution in [0.4, 0.5) is 0 Å². The molecular formula is C14H24N2O2. The van der Waals surface area contributed by atoms with Crippen LogP contribution in [0.5, 0.6) is 5.75 Å².